The molecule has 0 saturated heterocycles. The van der Waals surface area contributed by atoms with E-state index in [2.05, 4.69) is 51.0 Å². The Morgan fingerprint density at radius 2 is 2.37 bits per heavy atom. The standard InChI is InChI=1S/C9H8BrN7O2/c1-17-8-5(6(10)15-17)7(12-3-13-8)11-2-4-14-9(18)19-16-4/h3H,2H2,1H3,(H,11,12,13)(H,14,16,18). The van der Waals surface area contributed by atoms with Gasteiger partial charge in [-0.15, -0.1) is 0 Å². The summed E-state index contributed by atoms with van der Waals surface area (Å²) in [6.45, 7) is 0.277. The van der Waals surface area contributed by atoms with Crippen molar-refractivity contribution in [2.75, 3.05) is 5.32 Å². The summed E-state index contributed by atoms with van der Waals surface area (Å²) in [5.74, 6) is 0.387. The third-order valence-corrected chi connectivity index (χ3v) is 3.04. The predicted molar refractivity (Wildman–Crippen MR) is 68.5 cm³/mol. The number of anilines is 1. The topological polar surface area (TPSA) is 115 Å². The maximum absolute atomic E-state index is 10.8. The minimum Gasteiger partial charge on any atom is -0.362 e. The first-order valence-electron chi connectivity index (χ1n) is 5.27. The first kappa shape index (κ1) is 11.8. The first-order chi connectivity index (χ1) is 9.15. The number of aromatic nitrogens is 6. The van der Waals surface area contributed by atoms with E-state index in [-0.39, 0.29) is 6.54 Å². The zero-order chi connectivity index (χ0) is 13.4. The SMILES string of the molecule is Cn1nc(Br)c2c(NCc3noc(=O)[nH]3)ncnc21. The summed E-state index contributed by atoms with van der Waals surface area (Å²) in [5.41, 5.74) is 0.693. The Balaban J connectivity index is 1.94. The van der Waals surface area contributed by atoms with Crippen LogP contribution in [-0.4, -0.2) is 29.9 Å². The highest BCUT2D eigenvalue weighted by Crippen LogP contribution is 2.26. The summed E-state index contributed by atoms with van der Waals surface area (Å²) in [7, 11) is 1.79. The van der Waals surface area contributed by atoms with Crippen LogP contribution in [0.1, 0.15) is 5.82 Å². The molecule has 0 atom stereocenters. The molecule has 0 amide bonds. The largest absolute Gasteiger partial charge is 0.438 e. The average molecular weight is 326 g/mol. The highest BCUT2D eigenvalue weighted by Gasteiger charge is 2.13. The molecule has 0 radical (unpaired) electrons. The third kappa shape index (κ3) is 2.10. The van der Waals surface area contributed by atoms with Crippen LogP contribution in [0.2, 0.25) is 0 Å². The minimum atomic E-state index is -0.591. The second kappa shape index (κ2) is 4.46. The molecular weight excluding hydrogens is 318 g/mol. The van der Waals surface area contributed by atoms with Crippen LogP contribution in [0.25, 0.3) is 11.0 Å². The van der Waals surface area contributed by atoms with E-state index in [0.717, 1.165) is 5.39 Å². The Labute approximate surface area is 114 Å². The van der Waals surface area contributed by atoms with Crippen molar-refractivity contribution >= 4 is 32.8 Å². The van der Waals surface area contributed by atoms with E-state index < -0.39 is 5.76 Å². The lowest BCUT2D eigenvalue weighted by atomic mass is 10.4. The van der Waals surface area contributed by atoms with E-state index in [4.69, 9.17) is 0 Å². The van der Waals surface area contributed by atoms with Gasteiger partial charge in [0.05, 0.1) is 11.9 Å². The summed E-state index contributed by atoms with van der Waals surface area (Å²) < 4.78 is 6.69. The van der Waals surface area contributed by atoms with Crippen molar-refractivity contribution in [1.82, 2.24) is 29.9 Å². The highest BCUT2D eigenvalue weighted by molar-refractivity contribution is 9.10. The summed E-state index contributed by atoms with van der Waals surface area (Å²) in [4.78, 5) is 21.6. The molecule has 10 heteroatoms. The molecule has 0 aliphatic rings. The van der Waals surface area contributed by atoms with E-state index in [0.29, 0.717) is 21.9 Å². The Hall–Kier alpha value is -2.23. The van der Waals surface area contributed by atoms with Gasteiger partial charge in [-0.1, -0.05) is 5.16 Å². The first-order valence-corrected chi connectivity index (χ1v) is 6.06. The van der Waals surface area contributed by atoms with Crippen LogP contribution in [0.15, 0.2) is 20.2 Å². The van der Waals surface area contributed by atoms with Gasteiger partial charge in [-0.05, 0) is 15.9 Å². The van der Waals surface area contributed by atoms with E-state index >= 15 is 0 Å². The van der Waals surface area contributed by atoms with Gasteiger partial charge in [0.1, 0.15) is 16.7 Å². The fourth-order valence-electron chi connectivity index (χ4n) is 1.68. The van der Waals surface area contributed by atoms with Crippen molar-refractivity contribution in [3.8, 4) is 0 Å². The summed E-state index contributed by atoms with van der Waals surface area (Å²) in [6.07, 6.45) is 1.43. The molecule has 19 heavy (non-hydrogen) atoms. The highest BCUT2D eigenvalue weighted by atomic mass is 79.9. The molecular formula is C9H8BrN7O2. The number of aromatic amines is 1. The van der Waals surface area contributed by atoms with Crippen LogP contribution in [-0.2, 0) is 13.6 Å². The van der Waals surface area contributed by atoms with Crippen LogP contribution in [0.3, 0.4) is 0 Å². The summed E-state index contributed by atoms with van der Waals surface area (Å²) >= 11 is 3.35. The number of rotatable bonds is 3. The molecule has 0 aliphatic heterocycles. The zero-order valence-electron chi connectivity index (χ0n) is 9.71. The van der Waals surface area contributed by atoms with E-state index in [9.17, 15) is 4.79 Å². The van der Waals surface area contributed by atoms with Gasteiger partial charge in [0.25, 0.3) is 0 Å². The van der Waals surface area contributed by atoms with Gasteiger partial charge >= 0.3 is 5.76 Å². The Bertz CT molecular complexity index is 789. The van der Waals surface area contributed by atoms with Gasteiger partial charge in [-0.3, -0.25) is 9.51 Å². The van der Waals surface area contributed by atoms with Crippen LogP contribution >= 0.6 is 15.9 Å². The normalized spacial score (nSPS) is 11.1. The molecule has 3 aromatic heterocycles. The maximum Gasteiger partial charge on any atom is 0.438 e. The monoisotopic (exact) mass is 325 g/mol. The Morgan fingerprint density at radius 3 is 3.11 bits per heavy atom. The number of hydrogen-bond donors (Lipinski definition) is 2. The fourth-order valence-corrected chi connectivity index (χ4v) is 2.28. The van der Waals surface area contributed by atoms with Crippen LogP contribution in [0, 0.1) is 0 Å². The minimum absolute atomic E-state index is 0.277. The van der Waals surface area contributed by atoms with Gasteiger partial charge in [-0.2, -0.15) is 5.10 Å². The molecule has 0 spiro atoms. The summed E-state index contributed by atoms with van der Waals surface area (Å²) in [5, 5.41) is 11.6. The Kier molecular flexibility index (Phi) is 2.78. The molecule has 3 heterocycles. The van der Waals surface area contributed by atoms with Crippen molar-refractivity contribution in [2.45, 2.75) is 6.54 Å². The number of halogens is 1. The second-order valence-electron chi connectivity index (χ2n) is 3.73. The van der Waals surface area contributed by atoms with Crippen LogP contribution in [0.4, 0.5) is 5.82 Å². The van der Waals surface area contributed by atoms with E-state index in [1.165, 1.54) is 6.33 Å². The molecule has 0 saturated carbocycles. The van der Waals surface area contributed by atoms with Gasteiger partial charge in [0.15, 0.2) is 11.5 Å². The number of H-pyrrole nitrogens is 1. The molecule has 9 nitrogen and oxygen atoms in total. The van der Waals surface area contributed by atoms with Crippen molar-refractivity contribution in [2.24, 2.45) is 7.05 Å². The molecule has 3 aromatic rings. The maximum atomic E-state index is 10.8. The van der Waals surface area contributed by atoms with Crippen molar-refractivity contribution in [3.63, 3.8) is 0 Å². The quantitative estimate of drug-likeness (QED) is 0.716. The smallest absolute Gasteiger partial charge is 0.362 e. The molecule has 2 N–H and O–H groups in total. The van der Waals surface area contributed by atoms with Gasteiger partial charge < -0.3 is 5.32 Å². The van der Waals surface area contributed by atoms with Crippen LogP contribution in [0.5, 0.6) is 0 Å². The average Bonchev–Trinajstić information content (AvgIpc) is 2.92. The third-order valence-electron chi connectivity index (χ3n) is 2.49. The lowest BCUT2D eigenvalue weighted by molar-refractivity contribution is 0.382. The molecule has 0 unspecified atom stereocenters. The number of nitrogens with one attached hydrogen (secondary N) is 2. The number of fused-ring (bicyclic) bond motifs is 1. The molecule has 0 aliphatic carbocycles. The number of hydrogen-bond acceptors (Lipinski definition) is 7. The zero-order valence-corrected chi connectivity index (χ0v) is 11.3. The second-order valence-corrected chi connectivity index (χ2v) is 4.48. The number of nitrogens with zero attached hydrogens (tertiary/aromatic N) is 5. The molecule has 0 fully saturated rings. The predicted octanol–water partition coefficient (Wildman–Crippen LogP) is 0.414. The van der Waals surface area contributed by atoms with Gasteiger partial charge in [-0.25, -0.2) is 19.4 Å². The molecule has 3 rings (SSSR count). The lowest BCUT2D eigenvalue weighted by Crippen LogP contribution is -2.05. The van der Waals surface area contributed by atoms with Gasteiger partial charge in [0.2, 0.25) is 0 Å². The van der Waals surface area contributed by atoms with Crippen molar-refractivity contribution in [3.05, 3.63) is 27.3 Å². The molecule has 0 aromatic carbocycles. The van der Waals surface area contributed by atoms with Crippen molar-refractivity contribution in [1.29, 1.82) is 0 Å². The van der Waals surface area contributed by atoms with E-state index in [1.54, 1.807) is 11.7 Å². The molecule has 0 bridgehead atoms. The van der Waals surface area contributed by atoms with E-state index in [1.807, 2.05) is 0 Å². The molecule has 98 valence electrons. The lowest BCUT2D eigenvalue weighted by Gasteiger charge is -2.03. The Morgan fingerprint density at radius 1 is 1.53 bits per heavy atom. The fraction of sp³-hybridized carbons (Fsp3) is 0.222. The van der Waals surface area contributed by atoms with Crippen LogP contribution < -0.4 is 11.1 Å². The number of aryl methyl sites for hydroxylation is 1. The van der Waals surface area contributed by atoms with Crippen molar-refractivity contribution < 1.29 is 4.52 Å². The van der Waals surface area contributed by atoms with Gasteiger partial charge in [0, 0.05) is 7.05 Å². The summed E-state index contributed by atoms with van der Waals surface area (Å²) in [6, 6.07) is 0.